The quantitative estimate of drug-likeness (QED) is 0.701. The second-order valence-corrected chi connectivity index (χ2v) is 6.34. The van der Waals surface area contributed by atoms with Gasteiger partial charge in [0.05, 0.1) is 11.5 Å². The molecule has 1 aliphatic heterocycles. The van der Waals surface area contributed by atoms with Crippen LogP contribution in [-0.4, -0.2) is 39.0 Å². The van der Waals surface area contributed by atoms with E-state index < -0.39 is 29.5 Å². The Labute approximate surface area is 161 Å². The molecular weight excluding hydrogens is 389 g/mol. The lowest BCUT2D eigenvalue weighted by atomic mass is 10.0. The molecule has 1 aliphatic rings. The molecule has 3 aromatic rings. The molecule has 2 aromatic carbocycles. The van der Waals surface area contributed by atoms with Crippen molar-refractivity contribution in [3.63, 3.8) is 0 Å². The van der Waals surface area contributed by atoms with Gasteiger partial charge in [0, 0.05) is 17.8 Å². The Morgan fingerprint density at radius 1 is 1.14 bits per heavy atom. The minimum absolute atomic E-state index is 0.0260. The number of tetrazole rings is 1. The van der Waals surface area contributed by atoms with Crippen LogP contribution in [0, 0.1) is 0 Å². The molecule has 1 aromatic heterocycles. The number of carbonyl (C=O) groups is 2. The van der Waals surface area contributed by atoms with Gasteiger partial charge in [-0.3, -0.25) is 14.9 Å². The molecule has 1 atom stereocenters. The number of nitrogens with one attached hydrogen (secondary N) is 2. The lowest BCUT2D eigenvalue weighted by molar-refractivity contribution is -0.137. The summed E-state index contributed by atoms with van der Waals surface area (Å²) < 4.78 is 39.0. The van der Waals surface area contributed by atoms with Crippen molar-refractivity contribution in [1.29, 1.82) is 0 Å². The lowest BCUT2D eigenvalue weighted by Gasteiger charge is -2.18. The molecule has 2 N–H and O–H groups in total. The van der Waals surface area contributed by atoms with Gasteiger partial charge in [-0.2, -0.15) is 13.2 Å². The number of hydrogen-bond acceptors (Lipinski definition) is 5. The van der Waals surface area contributed by atoms with Crippen molar-refractivity contribution in [3.8, 4) is 0 Å². The fraction of sp³-hybridized carbons (Fsp3) is 0.167. The minimum Gasteiger partial charge on any atom is -0.307 e. The highest BCUT2D eigenvalue weighted by atomic mass is 19.4. The molecule has 11 heteroatoms. The van der Waals surface area contributed by atoms with Crippen molar-refractivity contribution in [2.45, 2.75) is 12.1 Å². The van der Waals surface area contributed by atoms with Gasteiger partial charge in [0.25, 0.3) is 5.91 Å². The first kappa shape index (κ1) is 18.6. The Bertz CT molecular complexity index is 1070. The number of amides is 2. The average molecular weight is 402 g/mol. The summed E-state index contributed by atoms with van der Waals surface area (Å²) in [4.78, 5) is 26.9. The van der Waals surface area contributed by atoms with Gasteiger partial charge < -0.3 is 4.90 Å². The minimum atomic E-state index is -4.56. The van der Waals surface area contributed by atoms with Gasteiger partial charge in [-0.05, 0) is 40.3 Å². The van der Waals surface area contributed by atoms with Crippen molar-refractivity contribution in [2.75, 3.05) is 16.8 Å². The number of H-pyrrole nitrogens is 1. The fourth-order valence-electron chi connectivity index (χ4n) is 3.22. The molecule has 0 bridgehead atoms. The Hall–Kier alpha value is -3.76. The van der Waals surface area contributed by atoms with E-state index in [0.29, 0.717) is 11.3 Å². The standard InChI is InChI=1S/C18H13F3N6O2/c19-18(20,21)11-5-3-4-10(8-11)16(29)27-9-13(12-6-1-2-7-14(12)27)15(28)22-17-23-25-26-24-17/h1-8,13H,9H2,(H2,22,23,24,25,26,28). The van der Waals surface area contributed by atoms with Gasteiger partial charge in [-0.25, -0.2) is 5.10 Å². The topological polar surface area (TPSA) is 104 Å². The predicted octanol–water partition coefficient (Wildman–Crippen LogP) is 2.60. The van der Waals surface area contributed by atoms with E-state index in [1.807, 2.05) is 0 Å². The van der Waals surface area contributed by atoms with E-state index in [0.717, 1.165) is 12.1 Å². The highest BCUT2D eigenvalue weighted by molar-refractivity contribution is 6.10. The van der Waals surface area contributed by atoms with Crippen LogP contribution in [0.15, 0.2) is 48.5 Å². The first-order valence-corrected chi connectivity index (χ1v) is 8.47. The summed E-state index contributed by atoms with van der Waals surface area (Å²) in [6.07, 6.45) is -4.56. The summed E-state index contributed by atoms with van der Waals surface area (Å²) >= 11 is 0. The van der Waals surface area contributed by atoms with E-state index in [1.165, 1.54) is 17.0 Å². The number of nitrogens with zero attached hydrogens (tertiary/aromatic N) is 4. The maximum Gasteiger partial charge on any atom is 0.416 e. The number of hydrogen-bond donors (Lipinski definition) is 2. The molecule has 8 nitrogen and oxygen atoms in total. The van der Waals surface area contributed by atoms with Crippen molar-refractivity contribution in [3.05, 3.63) is 65.2 Å². The molecule has 29 heavy (non-hydrogen) atoms. The van der Waals surface area contributed by atoms with Crippen LogP contribution in [0.2, 0.25) is 0 Å². The van der Waals surface area contributed by atoms with E-state index in [4.69, 9.17) is 0 Å². The van der Waals surface area contributed by atoms with Gasteiger partial charge in [-0.15, -0.1) is 0 Å². The van der Waals surface area contributed by atoms with E-state index in [-0.39, 0.29) is 18.1 Å². The third kappa shape index (κ3) is 3.53. The number of halogens is 3. The number of carbonyl (C=O) groups excluding carboxylic acids is 2. The maximum atomic E-state index is 13.0. The zero-order valence-corrected chi connectivity index (χ0v) is 14.6. The van der Waals surface area contributed by atoms with Crippen molar-refractivity contribution in [2.24, 2.45) is 0 Å². The second-order valence-electron chi connectivity index (χ2n) is 6.34. The van der Waals surface area contributed by atoms with Crippen LogP contribution in [0.1, 0.15) is 27.4 Å². The molecule has 0 saturated heterocycles. The number of aromatic nitrogens is 4. The Morgan fingerprint density at radius 2 is 1.93 bits per heavy atom. The van der Waals surface area contributed by atoms with Crippen molar-refractivity contribution in [1.82, 2.24) is 20.6 Å². The number of aromatic amines is 1. The number of fused-ring (bicyclic) bond motifs is 1. The molecule has 2 amide bonds. The van der Waals surface area contributed by atoms with Crippen LogP contribution in [0.5, 0.6) is 0 Å². The van der Waals surface area contributed by atoms with Gasteiger partial charge in [0.1, 0.15) is 0 Å². The van der Waals surface area contributed by atoms with Crippen molar-refractivity contribution < 1.29 is 22.8 Å². The van der Waals surface area contributed by atoms with Crippen LogP contribution in [0.3, 0.4) is 0 Å². The van der Waals surface area contributed by atoms with Crippen LogP contribution >= 0.6 is 0 Å². The Balaban J connectivity index is 1.63. The summed E-state index contributed by atoms with van der Waals surface area (Å²) in [5.74, 6) is -1.75. The summed E-state index contributed by atoms with van der Waals surface area (Å²) in [5.41, 5.74) is 0.0154. The maximum absolute atomic E-state index is 13.0. The lowest BCUT2D eigenvalue weighted by Crippen LogP contribution is -2.33. The molecule has 0 spiro atoms. The summed E-state index contributed by atoms with van der Waals surface area (Å²) in [7, 11) is 0. The third-order valence-corrected chi connectivity index (χ3v) is 4.55. The van der Waals surface area contributed by atoms with Crippen molar-refractivity contribution >= 4 is 23.5 Å². The summed E-state index contributed by atoms with van der Waals surface area (Å²) in [6, 6.07) is 10.9. The first-order chi connectivity index (χ1) is 13.8. The fourth-order valence-corrected chi connectivity index (χ4v) is 3.22. The molecule has 0 aliphatic carbocycles. The molecule has 0 radical (unpaired) electrons. The Morgan fingerprint density at radius 3 is 2.66 bits per heavy atom. The number of alkyl halides is 3. The number of para-hydroxylation sites is 1. The Kier molecular flexibility index (Phi) is 4.49. The van der Waals surface area contributed by atoms with Crippen LogP contribution in [0.25, 0.3) is 0 Å². The summed E-state index contributed by atoms with van der Waals surface area (Å²) in [5, 5.41) is 15.2. The van der Waals surface area contributed by atoms with E-state index in [1.54, 1.807) is 24.3 Å². The zero-order valence-electron chi connectivity index (χ0n) is 14.6. The van der Waals surface area contributed by atoms with Gasteiger partial charge >= 0.3 is 6.18 Å². The summed E-state index contributed by atoms with van der Waals surface area (Å²) in [6.45, 7) is -0.0260. The molecular formula is C18H13F3N6O2. The van der Waals surface area contributed by atoms with Gasteiger partial charge in [0.15, 0.2) is 0 Å². The normalized spacial score (nSPS) is 15.8. The first-order valence-electron chi connectivity index (χ1n) is 8.47. The predicted molar refractivity (Wildman–Crippen MR) is 95.1 cm³/mol. The van der Waals surface area contributed by atoms with Crippen LogP contribution < -0.4 is 10.2 Å². The van der Waals surface area contributed by atoms with E-state index in [9.17, 15) is 22.8 Å². The molecule has 1 unspecified atom stereocenters. The van der Waals surface area contributed by atoms with Crippen LogP contribution in [-0.2, 0) is 11.0 Å². The number of anilines is 2. The number of benzene rings is 2. The van der Waals surface area contributed by atoms with Gasteiger partial charge in [0.2, 0.25) is 11.9 Å². The average Bonchev–Trinajstić information content (AvgIpc) is 3.34. The molecule has 4 rings (SSSR count). The SMILES string of the molecule is O=C(Nc1nnn[nH]1)C1CN(C(=O)c2cccc(C(F)(F)F)c2)c2ccccc21. The zero-order chi connectivity index (χ0) is 20.6. The monoisotopic (exact) mass is 402 g/mol. The van der Waals surface area contributed by atoms with E-state index >= 15 is 0 Å². The highest BCUT2D eigenvalue weighted by Gasteiger charge is 2.38. The smallest absolute Gasteiger partial charge is 0.307 e. The van der Waals surface area contributed by atoms with Gasteiger partial charge in [-0.1, -0.05) is 29.4 Å². The van der Waals surface area contributed by atoms with Crippen LogP contribution in [0.4, 0.5) is 24.8 Å². The number of rotatable bonds is 3. The molecule has 148 valence electrons. The second kappa shape index (κ2) is 7.00. The highest BCUT2D eigenvalue weighted by Crippen LogP contribution is 2.38. The third-order valence-electron chi connectivity index (χ3n) is 4.55. The molecule has 0 fully saturated rings. The molecule has 0 saturated carbocycles. The molecule has 2 heterocycles. The largest absolute Gasteiger partial charge is 0.416 e. The van der Waals surface area contributed by atoms with E-state index in [2.05, 4.69) is 25.9 Å².